The van der Waals surface area contributed by atoms with Crippen LogP contribution in [0.4, 0.5) is 0 Å². The van der Waals surface area contributed by atoms with E-state index in [1.165, 1.54) is 0 Å². The lowest BCUT2D eigenvalue weighted by molar-refractivity contribution is -0.145. The highest BCUT2D eigenvalue weighted by Gasteiger charge is 2.45. The summed E-state index contributed by atoms with van der Waals surface area (Å²) in [5, 5.41) is 29.9. The number of benzene rings is 3. The molecular formula is C25H26O6. The number of methoxy groups -OCH3 is 1. The highest BCUT2D eigenvalue weighted by Crippen LogP contribution is 2.41. The SMILES string of the molecule is COc1ccc(C(OCC2O[C@@H](O)C(O)C2O)(c2ccccc2)c2ccccc2)cc1. The second kappa shape index (κ2) is 9.18. The van der Waals surface area contributed by atoms with Crippen molar-refractivity contribution >= 4 is 0 Å². The molecule has 0 radical (unpaired) electrons. The van der Waals surface area contributed by atoms with Crippen LogP contribution in [0.1, 0.15) is 16.7 Å². The molecule has 3 unspecified atom stereocenters. The molecule has 1 aliphatic rings. The summed E-state index contributed by atoms with van der Waals surface area (Å²) < 4.78 is 17.2. The first-order valence-corrected chi connectivity index (χ1v) is 10.2. The molecule has 1 saturated heterocycles. The van der Waals surface area contributed by atoms with Crippen molar-refractivity contribution in [2.45, 2.75) is 30.2 Å². The topological polar surface area (TPSA) is 88.4 Å². The van der Waals surface area contributed by atoms with E-state index >= 15 is 0 Å². The molecule has 162 valence electrons. The minimum Gasteiger partial charge on any atom is -0.497 e. The Morgan fingerprint density at radius 2 is 1.26 bits per heavy atom. The number of aliphatic hydroxyl groups excluding tert-OH is 3. The minimum atomic E-state index is -1.45. The number of hydrogen-bond donors (Lipinski definition) is 3. The lowest BCUT2D eigenvalue weighted by Gasteiger charge is -2.37. The Balaban J connectivity index is 1.81. The molecule has 0 bridgehead atoms. The third kappa shape index (κ3) is 4.08. The summed E-state index contributed by atoms with van der Waals surface area (Å²) in [5.74, 6) is 0.722. The van der Waals surface area contributed by atoms with Crippen LogP contribution in [0.25, 0.3) is 0 Å². The van der Waals surface area contributed by atoms with Gasteiger partial charge in [-0.15, -0.1) is 0 Å². The van der Waals surface area contributed by atoms with Crippen LogP contribution >= 0.6 is 0 Å². The molecule has 1 aliphatic heterocycles. The second-order valence-corrected chi connectivity index (χ2v) is 7.50. The predicted molar refractivity (Wildman–Crippen MR) is 115 cm³/mol. The standard InChI is InChI=1S/C25H26O6/c1-29-20-14-12-19(13-15-20)25(17-8-4-2-5-9-17,18-10-6-3-7-11-18)30-16-21-22(26)23(27)24(28)31-21/h2-15,21-24,26-28H,16H2,1H3/t21?,22?,23?,24-/m1/s1. The van der Waals surface area contributed by atoms with Gasteiger partial charge in [-0.1, -0.05) is 72.8 Å². The van der Waals surface area contributed by atoms with Gasteiger partial charge >= 0.3 is 0 Å². The quantitative estimate of drug-likeness (QED) is 0.507. The molecular weight excluding hydrogens is 396 g/mol. The molecule has 1 heterocycles. The van der Waals surface area contributed by atoms with Crippen LogP contribution in [0.3, 0.4) is 0 Å². The number of rotatable bonds is 7. The fourth-order valence-corrected chi connectivity index (χ4v) is 4.00. The molecule has 3 aromatic rings. The Hall–Kier alpha value is -2.74. The maximum Gasteiger partial charge on any atom is 0.184 e. The molecule has 4 rings (SSSR count). The highest BCUT2D eigenvalue weighted by atomic mass is 16.7. The highest BCUT2D eigenvalue weighted by molar-refractivity contribution is 5.48. The van der Waals surface area contributed by atoms with Gasteiger partial charge in [0.25, 0.3) is 0 Å². The van der Waals surface area contributed by atoms with Crippen molar-refractivity contribution in [3.63, 3.8) is 0 Å². The first kappa shape index (κ1) is 21.5. The van der Waals surface area contributed by atoms with E-state index in [9.17, 15) is 15.3 Å². The Labute approximate surface area is 181 Å². The number of hydrogen-bond acceptors (Lipinski definition) is 6. The summed E-state index contributed by atoms with van der Waals surface area (Å²) in [6.07, 6.45) is -4.96. The van der Waals surface area contributed by atoms with Gasteiger partial charge in [-0.3, -0.25) is 0 Å². The molecule has 0 amide bonds. The molecule has 4 atom stereocenters. The van der Waals surface area contributed by atoms with Crippen LogP contribution < -0.4 is 4.74 Å². The summed E-state index contributed by atoms with van der Waals surface area (Å²) >= 11 is 0. The molecule has 3 N–H and O–H groups in total. The van der Waals surface area contributed by atoms with E-state index in [1.54, 1.807) is 7.11 Å². The van der Waals surface area contributed by atoms with E-state index in [0.29, 0.717) is 0 Å². The first-order valence-electron chi connectivity index (χ1n) is 10.2. The molecule has 6 nitrogen and oxygen atoms in total. The van der Waals surface area contributed by atoms with Crippen LogP contribution in [0, 0.1) is 0 Å². The van der Waals surface area contributed by atoms with E-state index in [2.05, 4.69) is 0 Å². The zero-order valence-electron chi connectivity index (χ0n) is 17.2. The average Bonchev–Trinajstić information content (AvgIpc) is 3.08. The van der Waals surface area contributed by atoms with Gasteiger partial charge in [-0.25, -0.2) is 0 Å². The zero-order chi connectivity index (χ0) is 21.8. The van der Waals surface area contributed by atoms with E-state index < -0.39 is 30.2 Å². The van der Waals surface area contributed by atoms with Crippen LogP contribution in [-0.4, -0.2) is 53.6 Å². The lowest BCUT2D eigenvalue weighted by atomic mass is 9.80. The third-order valence-corrected chi connectivity index (χ3v) is 5.66. The second-order valence-electron chi connectivity index (χ2n) is 7.50. The number of ether oxygens (including phenoxy) is 3. The van der Waals surface area contributed by atoms with Gasteiger partial charge in [0, 0.05) is 0 Å². The summed E-state index contributed by atoms with van der Waals surface area (Å²) in [6.45, 7) is -0.0505. The van der Waals surface area contributed by atoms with E-state index in [0.717, 1.165) is 22.4 Å². The average molecular weight is 422 g/mol. The smallest absolute Gasteiger partial charge is 0.184 e. The Bertz CT molecular complexity index is 921. The molecule has 3 aromatic carbocycles. The van der Waals surface area contributed by atoms with Crippen LogP contribution in [-0.2, 0) is 15.1 Å². The first-order chi connectivity index (χ1) is 15.1. The molecule has 0 saturated carbocycles. The van der Waals surface area contributed by atoms with Gasteiger partial charge in [0.15, 0.2) is 6.29 Å². The maximum absolute atomic E-state index is 10.3. The molecule has 1 fully saturated rings. The monoisotopic (exact) mass is 422 g/mol. The lowest BCUT2D eigenvalue weighted by Crippen LogP contribution is -2.39. The van der Waals surface area contributed by atoms with Crippen LogP contribution in [0.5, 0.6) is 5.75 Å². The molecule has 0 aliphatic carbocycles. The van der Waals surface area contributed by atoms with Crippen molar-refractivity contribution in [1.29, 1.82) is 0 Å². The van der Waals surface area contributed by atoms with E-state index in [1.807, 2.05) is 84.9 Å². The maximum atomic E-state index is 10.3. The Morgan fingerprint density at radius 1 is 0.742 bits per heavy atom. The fourth-order valence-electron chi connectivity index (χ4n) is 4.00. The normalized spacial score (nSPS) is 23.6. The Kier molecular flexibility index (Phi) is 6.36. The van der Waals surface area contributed by atoms with Crippen molar-refractivity contribution in [1.82, 2.24) is 0 Å². The van der Waals surface area contributed by atoms with Gasteiger partial charge < -0.3 is 29.5 Å². The third-order valence-electron chi connectivity index (χ3n) is 5.66. The summed E-state index contributed by atoms with van der Waals surface area (Å²) in [5.41, 5.74) is 1.62. The van der Waals surface area contributed by atoms with Gasteiger partial charge in [0.2, 0.25) is 0 Å². The molecule has 31 heavy (non-hydrogen) atoms. The van der Waals surface area contributed by atoms with Crippen LogP contribution in [0.15, 0.2) is 84.9 Å². The van der Waals surface area contributed by atoms with E-state index in [-0.39, 0.29) is 6.61 Å². The van der Waals surface area contributed by atoms with Crippen molar-refractivity contribution in [3.8, 4) is 5.75 Å². The minimum absolute atomic E-state index is 0.0505. The van der Waals surface area contributed by atoms with Crippen molar-refractivity contribution < 1.29 is 29.5 Å². The fraction of sp³-hybridized carbons (Fsp3) is 0.280. The van der Waals surface area contributed by atoms with Gasteiger partial charge in [-0.2, -0.15) is 0 Å². The summed E-state index contributed by atoms with van der Waals surface area (Å²) in [6, 6.07) is 27.2. The Morgan fingerprint density at radius 3 is 1.71 bits per heavy atom. The number of aliphatic hydroxyl groups is 3. The molecule has 0 aromatic heterocycles. The molecule has 0 spiro atoms. The van der Waals surface area contributed by atoms with Gasteiger partial charge in [0.1, 0.15) is 29.7 Å². The van der Waals surface area contributed by atoms with E-state index in [4.69, 9.17) is 14.2 Å². The predicted octanol–water partition coefficient (Wildman–Crippen LogP) is 2.44. The van der Waals surface area contributed by atoms with Gasteiger partial charge in [-0.05, 0) is 28.8 Å². The van der Waals surface area contributed by atoms with Gasteiger partial charge in [0.05, 0.1) is 13.7 Å². The summed E-state index contributed by atoms with van der Waals surface area (Å²) in [4.78, 5) is 0. The van der Waals surface area contributed by atoms with Crippen molar-refractivity contribution in [3.05, 3.63) is 102 Å². The molecule has 6 heteroatoms. The summed E-state index contributed by atoms with van der Waals surface area (Å²) in [7, 11) is 1.61. The van der Waals surface area contributed by atoms with Crippen LogP contribution in [0.2, 0.25) is 0 Å². The van der Waals surface area contributed by atoms with Crippen molar-refractivity contribution in [2.75, 3.05) is 13.7 Å². The zero-order valence-corrected chi connectivity index (χ0v) is 17.2. The van der Waals surface area contributed by atoms with Crippen molar-refractivity contribution in [2.24, 2.45) is 0 Å². The largest absolute Gasteiger partial charge is 0.497 e.